The minimum Gasteiger partial charge on any atom is -0.324 e. The molecule has 6 nitrogen and oxygen atoms in total. The minimum absolute atomic E-state index is 0.277. The topological polar surface area (TPSA) is 71.3 Å². The number of H-pyrrole nitrogens is 1. The van der Waals surface area contributed by atoms with E-state index in [4.69, 9.17) is 0 Å². The Hall–Kier alpha value is -3.12. The first-order valence-corrected chi connectivity index (χ1v) is 9.72. The fourth-order valence-corrected chi connectivity index (χ4v) is 3.74. The molecule has 1 aromatic heterocycles. The standard InChI is InChI=1S/C22H24N4O2/c27-21-19-15-25(13-11-17-7-3-1-4-8-17)16-23-20(19)26(22(28)24-21)14-12-18-9-5-2-6-10-18/h1-10,23H,11-16H2,(H,24,27,28)/p+1. The SMILES string of the molecule is O=c1[nH]c(=O)n(CCc2ccccc2)c2c1C[NH+](CCc1ccccc1)CN2. The lowest BCUT2D eigenvalue weighted by molar-refractivity contribution is -0.912. The first kappa shape index (κ1) is 18.3. The Bertz CT molecular complexity index is 1040. The number of hydrogen-bond acceptors (Lipinski definition) is 3. The molecule has 0 aliphatic carbocycles. The van der Waals surface area contributed by atoms with E-state index in [2.05, 4.69) is 22.4 Å². The molecule has 0 radical (unpaired) electrons. The molecule has 0 amide bonds. The van der Waals surface area contributed by atoms with Crippen LogP contribution in [0.3, 0.4) is 0 Å². The van der Waals surface area contributed by atoms with Crippen LogP contribution in [0.25, 0.3) is 0 Å². The van der Waals surface area contributed by atoms with Gasteiger partial charge in [-0.05, 0) is 17.5 Å². The van der Waals surface area contributed by atoms with Crippen molar-refractivity contribution in [1.82, 2.24) is 9.55 Å². The average Bonchev–Trinajstić information content (AvgIpc) is 2.74. The molecular formula is C22H25N4O2+. The normalized spacial score (nSPS) is 15.6. The number of nitrogens with zero attached hydrogens (tertiary/aromatic N) is 1. The summed E-state index contributed by atoms with van der Waals surface area (Å²) in [6.07, 6.45) is 1.70. The second kappa shape index (κ2) is 8.27. The summed E-state index contributed by atoms with van der Waals surface area (Å²) in [6, 6.07) is 20.4. The van der Waals surface area contributed by atoms with Crippen LogP contribution < -0.4 is 21.5 Å². The highest BCUT2D eigenvalue weighted by atomic mass is 16.2. The van der Waals surface area contributed by atoms with Crippen molar-refractivity contribution in [3.8, 4) is 0 Å². The smallest absolute Gasteiger partial charge is 0.324 e. The monoisotopic (exact) mass is 377 g/mol. The number of rotatable bonds is 6. The maximum atomic E-state index is 12.4. The summed E-state index contributed by atoms with van der Waals surface area (Å²) in [7, 11) is 0. The van der Waals surface area contributed by atoms with E-state index >= 15 is 0 Å². The van der Waals surface area contributed by atoms with Crippen molar-refractivity contribution in [3.05, 3.63) is 98.2 Å². The molecule has 0 saturated heterocycles. The number of nitrogens with one attached hydrogen (secondary N) is 3. The molecular weight excluding hydrogens is 352 g/mol. The van der Waals surface area contributed by atoms with Gasteiger partial charge in [-0.1, -0.05) is 60.7 Å². The summed E-state index contributed by atoms with van der Waals surface area (Å²) in [6.45, 7) is 2.79. The molecule has 144 valence electrons. The number of aromatic amines is 1. The molecule has 1 aliphatic rings. The lowest BCUT2D eigenvalue weighted by Gasteiger charge is -2.28. The van der Waals surface area contributed by atoms with E-state index in [0.717, 1.165) is 19.4 Å². The van der Waals surface area contributed by atoms with Crippen LogP contribution in [-0.2, 0) is 25.9 Å². The van der Waals surface area contributed by atoms with Crippen molar-refractivity contribution in [2.45, 2.75) is 25.9 Å². The quantitative estimate of drug-likeness (QED) is 0.595. The molecule has 1 unspecified atom stereocenters. The van der Waals surface area contributed by atoms with Crippen LogP contribution in [0.2, 0.25) is 0 Å². The highest BCUT2D eigenvalue weighted by Gasteiger charge is 2.25. The highest BCUT2D eigenvalue weighted by molar-refractivity contribution is 5.44. The molecule has 28 heavy (non-hydrogen) atoms. The largest absolute Gasteiger partial charge is 0.329 e. The van der Waals surface area contributed by atoms with Crippen LogP contribution in [0.15, 0.2) is 70.3 Å². The maximum Gasteiger partial charge on any atom is 0.329 e. The second-order valence-corrected chi connectivity index (χ2v) is 7.24. The lowest BCUT2D eigenvalue weighted by Crippen LogP contribution is -3.13. The Kier molecular flexibility index (Phi) is 5.39. The summed E-state index contributed by atoms with van der Waals surface area (Å²) < 4.78 is 1.66. The van der Waals surface area contributed by atoms with Crippen molar-refractivity contribution in [1.29, 1.82) is 0 Å². The van der Waals surface area contributed by atoms with Crippen molar-refractivity contribution < 1.29 is 4.90 Å². The molecule has 0 bridgehead atoms. The van der Waals surface area contributed by atoms with E-state index in [1.807, 2.05) is 48.5 Å². The second-order valence-electron chi connectivity index (χ2n) is 7.24. The molecule has 3 N–H and O–H groups in total. The third-order valence-electron chi connectivity index (χ3n) is 5.31. The fourth-order valence-electron chi connectivity index (χ4n) is 3.74. The number of benzene rings is 2. The summed E-state index contributed by atoms with van der Waals surface area (Å²) >= 11 is 0. The van der Waals surface area contributed by atoms with Crippen LogP contribution in [0.4, 0.5) is 5.82 Å². The zero-order valence-corrected chi connectivity index (χ0v) is 15.8. The number of aromatic nitrogens is 2. The summed E-state index contributed by atoms with van der Waals surface area (Å²) in [5, 5.41) is 3.34. The zero-order chi connectivity index (χ0) is 19.3. The number of fused-ring (bicyclic) bond motifs is 1. The average molecular weight is 377 g/mol. The molecule has 1 atom stereocenters. The van der Waals surface area contributed by atoms with E-state index in [0.29, 0.717) is 31.1 Å². The number of hydrogen-bond donors (Lipinski definition) is 3. The van der Waals surface area contributed by atoms with Crippen molar-refractivity contribution >= 4 is 5.82 Å². The van der Waals surface area contributed by atoms with Gasteiger partial charge < -0.3 is 10.2 Å². The third kappa shape index (κ3) is 4.07. The number of aryl methyl sites for hydroxylation is 1. The first-order chi connectivity index (χ1) is 13.7. The minimum atomic E-state index is -0.347. The van der Waals surface area contributed by atoms with Crippen molar-refractivity contribution in [2.24, 2.45) is 0 Å². The van der Waals surface area contributed by atoms with Gasteiger partial charge in [-0.15, -0.1) is 0 Å². The summed E-state index contributed by atoms with van der Waals surface area (Å²) in [5.41, 5.74) is 2.50. The van der Waals surface area contributed by atoms with Gasteiger partial charge in [0.05, 0.1) is 6.54 Å². The Morgan fingerprint density at radius 1 is 0.893 bits per heavy atom. The molecule has 6 heteroatoms. The van der Waals surface area contributed by atoms with Gasteiger partial charge in [0.1, 0.15) is 17.9 Å². The van der Waals surface area contributed by atoms with Gasteiger partial charge in [0.15, 0.2) is 6.67 Å². The van der Waals surface area contributed by atoms with Gasteiger partial charge in [0.25, 0.3) is 5.56 Å². The van der Waals surface area contributed by atoms with Crippen LogP contribution in [0.5, 0.6) is 0 Å². The van der Waals surface area contributed by atoms with Gasteiger partial charge >= 0.3 is 5.69 Å². The van der Waals surface area contributed by atoms with Gasteiger partial charge in [-0.25, -0.2) is 4.79 Å². The van der Waals surface area contributed by atoms with Gasteiger partial charge in [-0.3, -0.25) is 14.3 Å². The van der Waals surface area contributed by atoms with E-state index in [-0.39, 0.29) is 11.2 Å². The van der Waals surface area contributed by atoms with Crippen LogP contribution in [0, 0.1) is 0 Å². The van der Waals surface area contributed by atoms with E-state index in [1.54, 1.807) is 4.57 Å². The fraction of sp³-hybridized carbons (Fsp3) is 0.273. The van der Waals surface area contributed by atoms with E-state index < -0.39 is 0 Å². The molecule has 3 aromatic rings. The van der Waals surface area contributed by atoms with Gasteiger partial charge in [0, 0.05) is 13.0 Å². The predicted molar refractivity (Wildman–Crippen MR) is 110 cm³/mol. The highest BCUT2D eigenvalue weighted by Crippen LogP contribution is 2.12. The maximum absolute atomic E-state index is 12.4. The number of quaternary nitrogens is 1. The summed E-state index contributed by atoms with van der Waals surface area (Å²) in [4.78, 5) is 28.6. The molecule has 0 saturated carbocycles. The van der Waals surface area contributed by atoms with Crippen molar-refractivity contribution in [2.75, 3.05) is 18.5 Å². The Balaban J connectivity index is 1.50. The predicted octanol–water partition coefficient (Wildman–Crippen LogP) is 0.790. The van der Waals surface area contributed by atoms with E-state index in [9.17, 15) is 9.59 Å². The molecule has 2 aromatic carbocycles. The van der Waals surface area contributed by atoms with Crippen LogP contribution >= 0.6 is 0 Å². The zero-order valence-electron chi connectivity index (χ0n) is 15.8. The Labute approximate surface area is 163 Å². The first-order valence-electron chi connectivity index (χ1n) is 9.72. The Morgan fingerprint density at radius 2 is 1.54 bits per heavy atom. The lowest BCUT2D eigenvalue weighted by atomic mass is 10.1. The van der Waals surface area contributed by atoms with Crippen LogP contribution in [-0.4, -0.2) is 22.8 Å². The van der Waals surface area contributed by atoms with Crippen molar-refractivity contribution in [3.63, 3.8) is 0 Å². The molecule has 4 rings (SSSR count). The molecule has 0 fully saturated rings. The van der Waals surface area contributed by atoms with Gasteiger partial charge in [0.2, 0.25) is 0 Å². The summed E-state index contributed by atoms with van der Waals surface area (Å²) in [5.74, 6) is 0.674. The van der Waals surface area contributed by atoms with E-state index in [1.165, 1.54) is 16.0 Å². The third-order valence-corrected chi connectivity index (χ3v) is 5.31. The molecule has 2 heterocycles. The van der Waals surface area contributed by atoms with Crippen LogP contribution in [0.1, 0.15) is 16.7 Å². The number of anilines is 1. The van der Waals surface area contributed by atoms with Gasteiger partial charge in [-0.2, -0.15) is 0 Å². The molecule has 1 aliphatic heterocycles. The Morgan fingerprint density at radius 3 is 2.21 bits per heavy atom. The molecule has 0 spiro atoms.